The Balaban J connectivity index is 1.36. The van der Waals surface area contributed by atoms with E-state index in [-0.39, 0.29) is 5.41 Å². The van der Waals surface area contributed by atoms with Crippen molar-refractivity contribution in [2.75, 3.05) is 19.0 Å². The maximum Gasteiger partial charge on any atom is 0.139 e. The van der Waals surface area contributed by atoms with Crippen LogP contribution in [0.3, 0.4) is 0 Å². The SMILES string of the molecule is CN(C)c1ccc(Oc2ccc3c(c2)CC[C@H]2[C@H]3CC[C@@]3(C)C(=O)CC[C@@H]23)cc1. The maximum absolute atomic E-state index is 12.5. The number of nitrogens with zero attached hydrogens (tertiary/aromatic N) is 1. The largest absolute Gasteiger partial charge is 0.457 e. The zero-order chi connectivity index (χ0) is 20.2. The number of fused-ring (bicyclic) bond motifs is 5. The first-order chi connectivity index (χ1) is 14.0. The fourth-order valence-corrected chi connectivity index (χ4v) is 6.34. The first kappa shape index (κ1) is 18.7. The summed E-state index contributed by atoms with van der Waals surface area (Å²) >= 11 is 0. The van der Waals surface area contributed by atoms with Gasteiger partial charge in [-0.15, -0.1) is 0 Å². The van der Waals surface area contributed by atoms with Gasteiger partial charge in [-0.2, -0.15) is 0 Å². The summed E-state index contributed by atoms with van der Waals surface area (Å²) < 4.78 is 6.15. The number of carbonyl (C=O) groups excluding carboxylic acids is 1. The molecule has 4 atom stereocenters. The van der Waals surface area contributed by atoms with Crippen LogP contribution in [-0.4, -0.2) is 19.9 Å². The lowest BCUT2D eigenvalue weighted by atomic mass is 9.55. The molecule has 0 heterocycles. The van der Waals surface area contributed by atoms with Gasteiger partial charge in [0.1, 0.15) is 17.3 Å². The van der Waals surface area contributed by atoms with Gasteiger partial charge < -0.3 is 9.64 Å². The molecule has 0 unspecified atom stereocenters. The van der Waals surface area contributed by atoms with Crippen LogP contribution >= 0.6 is 0 Å². The number of aryl methyl sites for hydroxylation is 1. The number of hydrogen-bond acceptors (Lipinski definition) is 3. The smallest absolute Gasteiger partial charge is 0.139 e. The highest BCUT2D eigenvalue weighted by atomic mass is 16.5. The standard InChI is InChI=1S/C26H31NO2/c1-26-15-14-22-21-11-9-20(29-19-7-5-18(6-8-19)27(2)3)16-17(21)4-10-23(22)24(26)12-13-25(26)28/h5-9,11,16,22-24H,4,10,12-15H2,1-3H3/t22-,23-,24-,26+/m0/s1. The molecule has 0 bridgehead atoms. The summed E-state index contributed by atoms with van der Waals surface area (Å²) in [4.78, 5) is 14.6. The average molecular weight is 390 g/mol. The minimum Gasteiger partial charge on any atom is -0.457 e. The number of Topliss-reactive ketones (excluding diaryl/α,β-unsaturated/α-hetero) is 1. The van der Waals surface area contributed by atoms with E-state index in [9.17, 15) is 4.79 Å². The van der Waals surface area contributed by atoms with Crippen molar-refractivity contribution in [3.63, 3.8) is 0 Å². The third-order valence-electron chi connectivity index (χ3n) is 8.00. The summed E-state index contributed by atoms with van der Waals surface area (Å²) in [5.74, 6) is 4.22. The molecule has 2 saturated carbocycles. The first-order valence-corrected chi connectivity index (χ1v) is 11.1. The average Bonchev–Trinajstić information content (AvgIpc) is 3.03. The molecular formula is C26H31NO2. The molecule has 0 spiro atoms. The van der Waals surface area contributed by atoms with Gasteiger partial charge in [0.15, 0.2) is 0 Å². The van der Waals surface area contributed by atoms with E-state index in [2.05, 4.69) is 42.2 Å². The number of hydrogen-bond donors (Lipinski definition) is 0. The number of ketones is 1. The van der Waals surface area contributed by atoms with Crippen molar-refractivity contribution in [3.05, 3.63) is 53.6 Å². The zero-order valence-electron chi connectivity index (χ0n) is 17.8. The van der Waals surface area contributed by atoms with Crippen molar-refractivity contribution in [1.29, 1.82) is 0 Å². The van der Waals surface area contributed by atoms with Gasteiger partial charge in [0, 0.05) is 31.6 Å². The number of carbonyl (C=O) groups is 1. The van der Waals surface area contributed by atoms with Crippen molar-refractivity contribution in [2.45, 2.75) is 51.4 Å². The molecule has 3 heteroatoms. The van der Waals surface area contributed by atoms with E-state index in [0.29, 0.717) is 23.5 Å². The Kier molecular flexibility index (Phi) is 4.45. The van der Waals surface area contributed by atoms with E-state index >= 15 is 0 Å². The number of ether oxygens (including phenoxy) is 1. The minimum absolute atomic E-state index is 0.0412. The second-order valence-corrected chi connectivity index (χ2v) is 9.68. The molecule has 3 aliphatic carbocycles. The van der Waals surface area contributed by atoms with Gasteiger partial charge in [-0.25, -0.2) is 0 Å². The summed E-state index contributed by atoms with van der Waals surface area (Å²) in [6, 6.07) is 14.9. The van der Waals surface area contributed by atoms with Crippen LogP contribution in [0.4, 0.5) is 5.69 Å². The molecule has 3 nitrogen and oxygen atoms in total. The lowest BCUT2D eigenvalue weighted by molar-refractivity contribution is -0.129. The Bertz CT molecular complexity index is 932. The lowest BCUT2D eigenvalue weighted by Crippen LogP contribution is -2.42. The van der Waals surface area contributed by atoms with E-state index in [1.165, 1.54) is 23.2 Å². The maximum atomic E-state index is 12.5. The third kappa shape index (κ3) is 3.06. The molecule has 0 aliphatic heterocycles. The minimum atomic E-state index is -0.0412. The predicted octanol–water partition coefficient (Wildman–Crippen LogP) is 5.97. The molecule has 2 fully saturated rings. The van der Waals surface area contributed by atoms with Crippen LogP contribution in [0.5, 0.6) is 11.5 Å². The number of anilines is 1. The molecular weight excluding hydrogens is 358 g/mol. The van der Waals surface area contributed by atoms with Crippen molar-refractivity contribution in [1.82, 2.24) is 0 Å². The summed E-state index contributed by atoms with van der Waals surface area (Å²) in [5.41, 5.74) is 4.09. The highest BCUT2D eigenvalue weighted by molar-refractivity contribution is 5.87. The van der Waals surface area contributed by atoms with Gasteiger partial charge in [-0.1, -0.05) is 13.0 Å². The molecule has 2 aromatic rings. The predicted molar refractivity (Wildman–Crippen MR) is 117 cm³/mol. The quantitative estimate of drug-likeness (QED) is 0.648. The second kappa shape index (κ2) is 6.90. The van der Waals surface area contributed by atoms with Crippen molar-refractivity contribution < 1.29 is 9.53 Å². The first-order valence-electron chi connectivity index (χ1n) is 11.1. The van der Waals surface area contributed by atoms with Crippen LogP contribution in [0, 0.1) is 17.3 Å². The monoisotopic (exact) mass is 389 g/mol. The van der Waals surface area contributed by atoms with E-state index in [0.717, 1.165) is 43.6 Å². The van der Waals surface area contributed by atoms with Crippen LogP contribution in [0.1, 0.15) is 56.1 Å². The summed E-state index contributed by atoms with van der Waals surface area (Å²) in [7, 11) is 4.09. The molecule has 0 saturated heterocycles. The fraction of sp³-hybridized carbons (Fsp3) is 0.500. The van der Waals surface area contributed by atoms with Crippen molar-refractivity contribution in [3.8, 4) is 11.5 Å². The molecule has 29 heavy (non-hydrogen) atoms. The van der Waals surface area contributed by atoms with Gasteiger partial charge in [0.25, 0.3) is 0 Å². The summed E-state index contributed by atoms with van der Waals surface area (Å²) in [5, 5.41) is 0. The van der Waals surface area contributed by atoms with Crippen LogP contribution in [0.25, 0.3) is 0 Å². The van der Waals surface area contributed by atoms with Gasteiger partial charge >= 0.3 is 0 Å². The van der Waals surface area contributed by atoms with E-state index in [4.69, 9.17) is 4.74 Å². The van der Waals surface area contributed by atoms with E-state index < -0.39 is 0 Å². The Hall–Kier alpha value is -2.29. The zero-order valence-corrected chi connectivity index (χ0v) is 17.8. The van der Waals surface area contributed by atoms with Gasteiger partial charge in [0.05, 0.1) is 0 Å². The molecule has 2 aromatic carbocycles. The van der Waals surface area contributed by atoms with E-state index in [1.807, 2.05) is 26.2 Å². The highest BCUT2D eigenvalue weighted by Gasteiger charge is 2.54. The van der Waals surface area contributed by atoms with E-state index in [1.54, 1.807) is 0 Å². The van der Waals surface area contributed by atoms with Crippen LogP contribution < -0.4 is 9.64 Å². The van der Waals surface area contributed by atoms with Crippen LogP contribution in [0.2, 0.25) is 0 Å². The Morgan fingerprint density at radius 3 is 2.48 bits per heavy atom. The Morgan fingerprint density at radius 1 is 0.966 bits per heavy atom. The number of rotatable bonds is 3. The molecule has 0 N–H and O–H groups in total. The van der Waals surface area contributed by atoms with Crippen LogP contribution in [0.15, 0.2) is 42.5 Å². The Morgan fingerprint density at radius 2 is 1.72 bits per heavy atom. The van der Waals surface area contributed by atoms with Gasteiger partial charge in [0.2, 0.25) is 0 Å². The van der Waals surface area contributed by atoms with Crippen molar-refractivity contribution in [2.24, 2.45) is 17.3 Å². The molecule has 0 radical (unpaired) electrons. The fourth-order valence-electron chi connectivity index (χ4n) is 6.34. The molecule has 0 amide bonds. The topological polar surface area (TPSA) is 29.5 Å². The summed E-state index contributed by atoms with van der Waals surface area (Å²) in [6.07, 6.45) is 6.45. The number of benzene rings is 2. The Labute approximate surface area is 174 Å². The third-order valence-corrected chi connectivity index (χ3v) is 8.00. The normalized spacial score (nSPS) is 30.3. The lowest BCUT2D eigenvalue weighted by Gasteiger charge is -2.48. The van der Waals surface area contributed by atoms with Gasteiger partial charge in [-0.3, -0.25) is 4.79 Å². The molecule has 5 rings (SSSR count). The second-order valence-electron chi connectivity index (χ2n) is 9.68. The van der Waals surface area contributed by atoms with Crippen LogP contribution in [-0.2, 0) is 11.2 Å². The summed E-state index contributed by atoms with van der Waals surface area (Å²) in [6.45, 7) is 2.25. The van der Waals surface area contributed by atoms with Crippen molar-refractivity contribution >= 4 is 11.5 Å². The molecule has 0 aromatic heterocycles. The highest BCUT2D eigenvalue weighted by Crippen LogP contribution is 2.59. The van der Waals surface area contributed by atoms with Gasteiger partial charge in [-0.05, 0) is 97.4 Å². The molecule has 3 aliphatic rings. The molecule has 152 valence electrons.